The zero-order chi connectivity index (χ0) is 28.1. The van der Waals surface area contributed by atoms with Crippen LogP contribution in [-0.4, -0.2) is 57.8 Å². The van der Waals surface area contributed by atoms with Crippen LogP contribution in [0.2, 0.25) is 0 Å². The second kappa shape index (κ2) is 15.0. The largest absolute Gasteiger partial charge is 0.379 e. The van der Waals surface area contributed by atoms with E-state index in [0.29, 0.717) is 0 Å². The van der Waals surface area contributed by atoms with Crippen LogP contribution in [0.5, 0.6) is 0 Å². The zero-order valence-corrected chi connectivity index (χ0v) is 22.2. The minimum Gasteiger partial charge on any atom is -0.245 e. The first kappa shape index (κ1) is 32.7. The molecular formula is C22H38N2O12+2. The smallest absolute Gasteiger partial charge is 0.245 e. The summed E-state index contributed by atoms with van der Waals surface area (Å²) in [6.07, 6.45) is -1.60. The van der Waals surface area contributed by atoms with Crippen LogP contribution in [0.25, 0.3) is 0 Å². The highest BCUT2D eigenvalue weighted by Gasteiger charge is 2.50. The van der Waals surface area contributed by atoms with Crippen LogP contribution in [0.3, 0.4) is 0 Å². The molecule has 206 valence electrons. The molecule has 14 heteroatoms. The highest BCUT2D eigenvalue weighted by atomic mass is 17.2. The quantitative estimate of drug-likeness (QED) is 0.229. The molecule has 0 aromatic heterocycles. The summed E-state index contributed by atoms with van der Waals surface area (Å²) in [7, 11) is 0. The van der Waals surface area contributed by atoms with Gasteiger partial charge in [-0.1, -0.05) is 27.7 Å². The Morgan fingerprint density at radius 3 is 0.806 bits per heavy atom. The van der Waals surface area contributed by atoms with Gasteiger partial charge in [0.15, 0.2) is 0 Å². The van der Waals surface area contributed by atoms with Crippen molar-refractivity contribution >= 4 is 35.8 Å². The molecule has 0 aromatic rings. The monoisotopic (exact) mass is 522 g/mol. The SMILES string of the molecule is CCC(=O)O[N+](OC(=O)CC)(OC(=O)CCC(=O)O[N+](OC(=O)CC)(OC(=O)CC)C(C)C)C(C)C. The molecule has 0 aliphatic heterocycles. The number of carbonyl (C=O) groups is 6. The van der Waals surface area contributed by atoms with Crippen molar-refractivity contribution in [2.45, 2.75) is 106 Å². The number of hydrogen-bond acceptors (Lipinski definition) is 12. The van der Waals surface area contributed by atoms with Crippen LogP contribution in [0.4, 0.5) is 0 Å². The van der Waals surface area contributed by atoms with Crippen molar-refractivity contribution in [2.24, 2.45) is 0 Å². The molecule has 0 rings (SSSR count). The Hall–Kier alpha value is -3.26. The molecule has 0 atom stereocenters. The number of quaternary nitrogens is 2. The predicted octanol–water partition coefficient (Wildman–Crippen LogP) is 2.61. The van der Waals surface area contributed by atoms with Gasteiger partial charge >= 0.3 is 35.8 Å². The summed E-state index contributed by atoms with van der Waals surface area (Å²) in [5.74, 6) is -5.40. The Balaban J connectivity index is 5.64. The van der Waals surface area contributed by atoms with E-state index in [4.69, 9.17) is 29.0 Å². The van der Waals surface area contributed by atoms with Crippen molar-refractivity contribution in [1.29, 1.82) is 0 Å². The van der Waals surface area contributed by atoms with Crippen LogP contribution >= 0.6 is 0 Å². The minimum absolute atomic E-state index is 0.0948. The molecule has 0 fully saturated rings. The average Bonchev–Trinajstić information content (AvgIpc) is 2.81. The highest BCUT2D eigenvalue weighted by molar-refractivity contribution is 5.77. The Morgan fingerprint density at radius 1 is 0.444 bits per heavy atom. The Kier molecular flexibility index (Phi) is 13.6. The summed E-state index contributed by atoms with van der Waals surface area (Å²) in [5, 5.41) is 0. The van der Waals surface area contributed by atoms with Gasteiger partial charge in [0.25, 0.3) is 0 Å². The number of rotatable bonds is 15. The van der Waals surface area contributed by atoms with Gasteiger partial charge in [-0.3, -0.25) is 0 Å². The van der Waals surface area contributed by atoms with Gasteiger partial charge in [-0.05, 0) is 0 Å². The van der Waals surface area contributed by atoms with E-state index in [2.05, 4.69) is 0 Å². The number of hydroxylamine groups is 6. The molecule has 0 aliphatic rings. The molecule has 0 aliphatic carbocycles. The molecular weight excluding hydrogens is 484 g/mol. The third-order valence-electron chi connectivity index (χ3n) is 4.33. The maximum Gasteiger partial charge on any atom is 0.379 e. The van der Waals surface area contributed by atoms with E-state index in [1.165, 1.54) is 55.4 Å². The average molecular weight is 523 g/mol. The fourth-order valence-electron chi connectivity index (χ4n) is 2.15. The van der Waals surface area contributed by atoms with Gasteiger partial charge in [-0.15, -0.1) is 0 Å². The molecule has 0 heterocycles. The highest BCUT2D eigenvalue weighted by Crippen LogP contribution is 2.23. The van der Waals surface area contributed by atoms with E-state index < -0.39 is 70.7 Å². The summed E-state index contributed by atoms with van der Waals surface area (Å²) in [4.78, 5) is 100. The van der Waals surface area contributed by atoms with Crippen molar-refractivity contribution in [2.75, 3.05) is 0 Å². The van der Waals surface area contributed by atoms with Crippen molar-refractivity contribution in [3.8, 4) is 0 Å². The lowest BCUT2D eigenvalue weighted by Gasteiger charge is -2.30. The van der Waals surface area contributed by atoms with Crippen molar-refractivity contribution in [1.82, 2.24) is 0 Å². The summed E-state index contributed by atoms with van der Waals surface area (Å²) in [5.41, 5.74) is 0. The summed E-state index contributed by atoms with van der Waals surface area (Å²) < 4.78 is 0. The van der Waals surface area contributed by atoms with Crippen LogP contribution in [0.1, 0.15) is 93.9 Å². The van der Waals surface area contributed by atoms with Crippen molar-refractivity contribution in [3.05, 3.63) is 0 Å². The van der Waals surface area contributed by atoms with Crippen LogP contribution < -0.4 is 0 Å². The molecule has 0 aromatic carbocycles. The van der Waals surface area contributed by atoms with E-state index in [-0.39, 0.29) is 25.7 Å². The third kappa shape index (κ3) is 10.2. The van der Waals surface area contributed by atoms with Crippen LogP contribution in [0.15, 0.2) is 0 Å². The summed E-state index contributed by atoms with van der Waals surface area (Å²) >= 11 is 0. The Bertz CT molecular complexity index is 707. The molecule has 0 amide bonds. The van der Waals surface area contributed by atoms with Crippen LogP contribution in [-0.2, 0) is 57.8 Å². The van der Waals surface area contributed by atoms with Gasteiger partial charge < -0.3 is 0 Å². The van der Waals surface area contributed by atoms with Gasteiger partial charge in [0.2, 0.25) is 22.0 Å². The predicted molar refractivity (Wildman–Crippen MR) is 118 cm³/mol. The second-order valence-electron chi connectivity index (χ2n) is 7.96. The normalized spacial score (nSPS) is 11.5. The minimum atomic E-state index is -1.51. The molecule has 14 nitrogen and oxygen atoms in total. The van der Waals surface area contributed by atoms with E-state index in [1.54, 1.807) is 0 Å². The Labute approximate surface area is 210 Å². The number of carbonyl (C=O) groups excluding carboxylic acids is 6. The first-order chi connectivity index (χ1) is 16.7. The lowest BCUT2D eigenvalue weighted by Crippen LogP contribution is -2.56. The molecule has 0 radical (unpaired) electrons. The maximum absolute atomic E-state index is 12.6. The maximum atomic E-state index is 12.6. The first-order valence-corrected chi connectivity index (χ1v) is 11.8. The van der Waals surface area contributed by atoms with E-state index in [1.807, 2.05) is 0 Å². The van der Waals surface area contributed by atoms with Gasteiger partial charge in [0, 0.05) is 53.4 Å². The van der Waals surface area contributed by atoms with E-state index >= 15 is 0 Å². The molecule has 0 N–H and O–H groups in total. The van der Waals surface area contributed by atoms with Gasteiger partial charge in [0.05, 0.1) is 12.8 Å². The second-order valence-corrected chi connectivity index (χ2v) is 7.96. The summed E-state index contributed by atoms with van der Waals surface area (Å²) in [6.45, 7) is 11.9. The first-order valence-electron chi connectivity index (χ1n) is 11.8. The standard InChI is InChI=1S/C22H38N2O12/c1-9-17(25)31-23(15(5)6,32-18(26)10-2)35-21(29)13-14-22(30)36-24(16(7)8,33-19(27)11-3)34-20(28)12-4/h15-16H,9-14H2,1-8H3/q+2. The van der Waals surface area contributed by atoms with Crippen molar-refractivity contribution < 1.29 is 67.7 Å². The van der Waals surface area contributed by atoms with Gasteiger partial charge in [-0.25, -0.2) is 28.8 Å². The molecule has 0 saturated carbocycles. The molecule has 36 heavy (non-hydrogen) atoms. The molecule has 0 bridgehead atoms. The fourth-order valence-corrected chi connectivity index (χ4v) is 2.15. The molecule has 0 unspecified atom stereocenters. The lowest BCUT2D eigenvalue weighted by molar-refractivity contribution is -1.35. The third-order valence-corrected chi connectivity index (χ3v) is 4.33. The van der Waals surface area contributed by atoms with E-state index in [9.17, 15) is 28.8 Å². The summed E-state index contributed by atoms with van der Waals surface area (Å²) in [6, 6.07) is -1.70. The fraction of sp³-hybridized carbons (Fsp3) is 0.727. The van der Waals surface area contributed by atoms with Crippen molar-refractivity contribution in [3.63, 3.8) is 0 Å². The van der Waals surface area contributed by atoms with E-state index in [0.717, 1.165) is 0 Å². The van der Waals surface area contributed by atoms with Crippen LogP contribution in [0, 0.1) is 0 Å². The topological polar surface area (TPSA) is 158 Å². The lowest BCUT2D eigenvalue weighted by atomic mass is 10.3. The molecule has 0 saturated heterocycles. The van der Waals surface area contributed by atoms with Gasteiger partial charge in [-0.2, -0.15) is 29.0 Å². The number of nitrogens with zero attached hydrogens (tertiary/aromatic N) is 2. The zero-order valence-electron chi connectivity index (χ0n) is 22.2. The Morgan fingerprint density at radius 2 is 0.639 bits per heavy atom. The number of hydrogen-bond donors (Lipinski definition) is 0. The molecule has 0 spiro atoms. The van der Waals surface area contributed by atoms with Gasteiger partial charge in [0.1, 0.15) is 0 Å².